The van der Waals surface area contributed by atoms with Crippen LogP contribution in [0.4, 0.5) is 34.1 Å². The lowest BCUT2D eigenvalue weighted by atomic mass is 9.80. The maximum atomic E-state index is 2.47. The van der Waals surface area contributed by atoms with E-state index in [0.717, 1.165) is 63.8 Å². The van der Waals surface area contributed by atoms with Crippen LogP contribution in [0.3, 0.4) is 0 Å². The average molecular weight is 888 g/mol. The van der Waals surface area contributed by atoms with Crippen molar-refractivity contribution in [3.05, 3.63) is 252 Å². The number of benzene rings is 9. The number of fused-ring (bicyclic) bond motifs is 8. The molecule has 0 radical (unpaired) electrons. The summed E-state index contributed by atoms with van der Waals surface area (Å²) in [6.07, 6.45) is 6.92. The minimum absolute atomic E-state index is 0.105. The molecule has 9 aromatic carbocycles. The fraction of sp³-hybridized carbons (Fsp3) is 0.121. The Bertz CT molecular complexity index is 3720. The molecule has 3 aliphatic rings. The molecule has 69 heavy (non-hydrogen) atoms. The second-order valence-electron chi connectivity index (χ2n) is 20.1. The summed E-state index contributed by atoms with van der Waals surface area (Å²) < 4.78 is 2.40. The van der Waals surface area contributed by atoms with Crippen molar-refractivity contribution in [1.82, 2.24) is 4.57 Å². The van der Waals surface area contributed by atoms with Crippen LogP contribution < -0.4 is 9.80 Å². The van der Waals surface area contributed by atoms with Crippen LogP contribution in [0.5, 0.6) is 0 Å². The van der Waals surface area contributed by atoms with E-state index in [9.17, 15) is 0 Å². The van der Waals surface area contributed by atoms with Gasteiger partial charge in [-0.3, -0.25) is 0 Å². The molecule has 0 unspecified atom stereocenters. The number of hydrogen-bond donors (Lipinski definition) is 0. The Hall–Kier alpha value is -8.14. The molecule has 0 saturated heterocycles. The summed E-state index contributed by atoms with van der Waals surface area (Å²) in [7, 11) is 0. The van der Waals surface area contributed by atoms with E-state index in [1.807, 2.05) is 0 Å². The normalized spacial score (nSPS) is 15.0. The first-order valence-electron chi connectivity index (χ1n) is 24.5. The first-order valence-corrected chi connectivity index (χ1v) is 24.5. The lowest BCUT2D eigenvalue weighted by Gasteiger charge is -2.32. The maximum absolute atomic E-state index is 2.47. The van der Waals surface area contributed by atoms with Gasteiger partial charge in [-0.1, -0.05) is 155 Å². The third kappa shape index (κ3) is 6.48. The third-order valence-electron chi connectivity index (χ3n) is 15.4. The van der Waals surface area contributed by atoms with Gasteiger partial charge < -0.3 is 14.4 Å². The molecule has 0 aliphatic heterocycles. The summed E-state index contributed by atoms with van der Waals surface area (Å²) >= 11 is 0. The second-order valence-corrected chi connectivity index (χ2v) is 20.1. The zero-order valence-electron chi connectivity index (χ0n) is 39.6. The lowest BCUT2D eigenvalue weighted by molar-refractivity contribution is 0.651. The van der Waals surface area contributed by atoms with E-state index in [4.69, 9.17) is 0 Å². The number of nitrogens with zero attached hydrogens (tertiary/aromatic N) is 3. The van der Waals surface area contributed by atoms with E-state index >= 15 is 0 Å². The fourth-order valence-corrected chi connectivity index (χ4v) is 12.0. The number of allylic oxidation sites excluding steroid dienone is 4. The number of hydrogen-bond acceptors (Lipinski definition) is 2. The Labute approximate surface area is 405 Å². The van der Waals surface area contributed by atoms with Crippen LogP contribution in [0.25, 0.3) is 55.3 Å². The molecule has 1 heterocycles. The van der Waals surface area contributed by atoms with E-state index in [1.165, 1.54) is 66.3 Å². The fourth-order valence-electron chi connectivity index (χ4n) is 12.0. The van der Waals surface area contributed by atoms with Gasteiger partial charge >= 0.3 is 0 Å². The van der Waals surface area contributed by atoms with E-state index in [-0.39, 0.29) is 10.8 Å². The van der Waals surface area contributed by atoms with Crippen molar-refractivity contribution >= 4 is 61.5 Å². The predicted octanol–water partition coefficient (Wildman–Crippen LogP) is 18.1. The predicted molar refractivity (Wildman–Crippen MR) is 291 cm³/mol. The quantitative estimate of drug-likeness (QED) is 0.151. The van der Waals surface area contributed by atoms with Crippen LogP contribution in [-0.4, -0.2) is 4.57 Å². The molecule has 3 aliphatic carbocycles. The zero-order chi connectivity index (χ0) is 46.4. The highest BCUT2D eigenvalue weighted by atomic mass is 15.2. The molecule has 0 fully saturated rings. The average Bonchev–Trinajstić information content (AvgIpc) is 3.93. The van der Waals surface area contributed by atoms with Gasteiger partial charge in [0.1, 0.15) is 0 Å². The maximum Gasteiger partial charge on any atom is 0.0541 e. The Morgan fingerprint density at radius 1 is 0.391 bits per heavy atom. The van der Waals surface area contributed by atoms with Crippen LogP contribution in [-0.2, 0) is 10.8 Å². The molecular formula is C66H53N3. The van der Waals surface area contributed by atoms with Crippen molar-refractivity contribution in [3.63, 3.8) is 0 Å². The molecule has 0 N–H and O–H groups in total. The summed E-state index contributed by atoms with van der Waals surface area (Å²) in [5.41, 5.74) is 23.3. The van der Waals surface area contributed by atoms with Gasteiger partial charge in [0.25, 0.3) is 0 Å². The SMILES string of the molecule is CC1(C)C2=C(CCC=C2)c2ccc(N(c3ccccc3)c3cc(-c4ccc5c(c4)c4ccccc4n5-c4ccccc4)cc(N(c4ccccc4)c4ccc5c(c4)C(C)(C)c4ccccc4-5)c3)cc21. The summed E-state index contributed by atoms with van der Waals surface area (Å²) in [4.78, 5) is 4.94. The summed E-state index contributed by atoms with van der Waals surface area (Å²) in [5.74, 6) is 0. The van der Waals surface area contributed by atoms with Crippen LogP contribution in [0, 0.1) is 0 Å². The van der Waals surface area contributed by atoms with Crippen molar-refractivity contribution < 1.29 is 0 Å². The molecule has 3 nitrogen and oxygen atoms in total. The van der Waals surface area contributed by atoms with Crippen molar-refractivity contribution in [2.75, 3.05) is 9.80 Å². The van der Waals surface area contributed by atoms with Gasteiger partial charge in [0, 0.05) is 61.4 Å². The summed E-state index contributed by atoms with van der Waals surface area (Å²) in [5, 5.41) is 2.46. The first-order chi connectivity index (χ1) is 33.7. The highest BCUT2D eigenvalue weighted by Crippen LogP contribution is 2.54. The third-order valence-corrected chi connectivity index (χ3v) is 15.4. The summed E-state index contributed by atoms with van der Waals surface area (Å²) in [6, 6.07) is 78.9. The molecule has 0 atom stereocenters. The van der Waals surface area contributed by atoms with Crippen LogP contribution >= 0.6 is 0 Å². The Morgan fingerprint density at radius 2 is 0.957 bits per heavy atom. The monoisotopic (exact) mass is 887 g/mol. The smallest absolute Gasteiger partial charge is 0.0541 e. The van der Waals surface area contributed by atoms with Gasteiger partial charge in [-0.25, -0.2) is 0 Å². The molecule has 0 amide bonds. The van der Waals surface area contributed by atoms with Crippen molar-refractivity contribution in [1.29, 1.82) is 0 Å². The largest absolute Gasteiger partial charge is 0.310 e. The van der Waals surface area contributed by atoms with E-state index in [1.54, 1.807) is 0 Å². The molecule has 0 bridgehead atoms. The minimum Gasteiger partial charge on any atom is -0.310 e. The van der Waals surface area contributed by atoms with Crippen LogP contribution in [0.15, 0.2) is 230 Å². The Morgan fingerprint density at radius 3 is 1.65 bits per heavy atom. The standard InChI is InChI=1S/C66H53N3/c1-65(2)59-29-17-14-26-53(59)55-35-33-49(42-61(55)65)67(46-20-8-5-9-21-46)51-38-45(44-32-37-64-58(40-44)57-28-16-19-31-63(57)69(64)48-24-12-7-13-25-48)39-52(41-51)68(47-22-10-6-11-23-47)50-34-36-56-54-27-15-18-30-60(54)66(3,4)62(56)43-50/h5-14,16-26,28-43H,15,27H2,1-4H3. The van der Waals surface area contributed by atoms with Gasteiger partial charge in [-0.2, -0.15) is 0 Å². The van der Waals surface area contributed by atoms with E-state index in [0.29, 0.717) is 0 Å². The summed E-state index contributed by atoms with van der Waals surface area (Å²) in [6.45, 7) is 9.54. The molecule has 332 valence electrons. The highest BCUT2D eigenvalue weighted by molar-refractivity contribution is 6.10. The van der Waals surface area contributed by atoms with Gasteiger partial charge in [0.05, 0.1) is 11.0 Å². The van der Waals surface area contributed by atoms with Crippen molar-refractivity contribution in [2.45, 2.75) is 51.4 Å². The van der Waals surface area contributed by atoms with Gasteiger partial charge in [-0.15, -0.1) is 0 Å². The molecule has 10 aromatic rings. The topological polar surface area (TPSA) is 11.4 Å². The number of anilines is 6. The van der Waals surface area contributed by atoms with E-state index < -0.39 is 0 Å². The first kappa shape index (κ1) is 41.1. The molecular weight excluding hydrogens is 835 g/mol. The molecule has 3 heteroatoms. The van der Waals surface area contributed by atoms with Gasteiger partial charge in [0.2, 0.25) is 0 Å². The van der Waals surface area contributed by atoms with Crippen LogP contribution in [0.2, 0.25) is 0 Å². The second kappa shape index (κ2) is 15.7. The molecule has 0 saturated carbocycles. The molecule has 0 spiro atoms. The zero-order valence-corrected chi connectivity index (χ0v) is 39.6. The lowest BCUT2D eigenvalue weighted by Crippen LogP contribution is -2.18. The number of aromatic nitrogens is 1. The van der Waals surface area contributed by atoms with Crippen molar-refractivity contribution in [2.24, 2.45) is 0 Å². The van der Waals surface area contributed by atoms with Crippen molar-refractivity contribution in [3.8, 4) is 27.9 Å². The van der Waals surface area contributed by atoms with Crippen LogP contribution in [0.1, 0.15) is 62.8 Å². The number of para-hydroxylation sites is 4. The van der Waals surface area contributed by atoms with E-state index in [2.05, 4.69) is 267 Å². The number of rotatable bonds is 8. The van der Waals surface area contributed by atoms with Gasteiger partial charge in [0.15, 0.2) is 0 Å². The Kier molecular flexibility index (Phi) is 9.36. The van der Waals surface area contributed by atoms with Gasteiger partial charge in [-0.05, 0) is 166 Å². The Balaban J connectivity index is 1.06. The highest BCUT2D eigenvalue weighted by Gasteiger charge is 2.38. The molecule has 13 rings (SSSR count). The molecule has 1 aromatic heterocycles. The minimum atomic E-state index is -0.152.